The molecule has 2 aromatic rings. The molecule has 2 aromatic carbocycles. The van der Waals surface area contributed by atoms with Crippen LogP contribution in [0.2, 0.25) is 5.02 Å². The third-order valence-corrected chi connectivity index (χ3v) is 4.64. The summed E-state index contributed by atoms with van der Waals surface area (Å²) in [5.41, 5.74) is 5.29. The lowest BCUT2D eigenvalue weighted by atomic mass is 9.95. The van der Waals surface area contributed by atoms with E-state index in [0.717, 1.165) is 22.5 Å². The summed E-state index contributed by atoms with van der Waals surface area (Å²) in [5.74, 6) is 0. The Morgan fingerprint density at radius 1 is 1.14 bits per heavy atom. The van der Waals surface area contributed by atoms with Gasteiger partial charge < -0.3 is 5.32 Å². The number of benzene rings is 2. The van der Waals surface area contributed by atoms with E-state index in [1.807, 2.05) is 12.1 Å². The van der Waals surface area contributed by atoms with Gasteiger partial charge in [0.15, 0.2) is 0 Å². The van der Waals surface area contributed by atoms with Gasteiger partial charge in [-0.15, -0.1) is 0 Å². The van der Waals surface area contributed by atoms with Gasteiger partial charge in [-0.25, -0.2) is 0 Å². The summed E-state index contributed by atoms with van der Waals surface area (Å²) in [4.78, 5) is 0. The van der Waals surface area contributed by atoms with Crippen LogP contribution in [0, 0.1) is 13.8 Å². The van der Waals surface area contributed by atoms with E-state index in [1.54, 1.807) is 0 Å². The van der Waals surface area contributed by atoms with Crippen LogP contribution in [-0.4, -0.2) is 6.54 Å². The average Bonchev–Trinajstić information content (AvgIpc) is 2.42. The molecule has 1 unspecified atom stereocenters. The Balaban J connectivity index is 2.32. The summed E-state index contributed by atoms with van der Waals surface area (Å²) in [5, 5.41) is 4.34. The molecular weight excluding hydrogens is 346 g/mol. The zero-order chi connectivity index (χ0) is 15.4. The van der Waals surface area contributed by atoms with Gasteiger partial charge in [0.05, 0.1) is 0 Å². The molecule has 0 aliphatic rings. The van der Waals surface area contributed by atoms with E-state index in [2.05, 4.69) is 66.3 Å². The highest BCUT2D eigenvalue weighted by molar-refractivity contribution is 9.10. The van der Waals surface area contributed by atoms with Crippen molar-refractivity contribution in [2.45, 2.75) is 33.2 Å². The minimum absolute atomic E-state index is 0.280. The van der Waals surface area contributed by atoms with Crippen LogP contribution in [0.15, 0.2) is 40.9 Å². The highest BCUT2D eigenvalue weighted by atomic mass is 79.9. The molecule has 21 heavy (non-hydrogen) atoms. The summed E-state index contributed by atoms with van der Waals surface area (Å²) in [7, 11) is 0. The second-order valence-corrected chi connectivity index (χ2v) is 6.70. The predicted octanol–water partition coefficient (Wildman–Crippen LogP) is 5.61. The molecule has 0 amide bonds. The van der Waals surface area contributed by atoms with Crippen molar-refractivity contribution in [2.24, 2.45) is 0 Å². The van der Waals surface area contributed by atoms with E-state index in [9.17, 15) is 0 Å². The van der Waals surface area contributed by atoms with Crippen LogP contribution in [0.25, 0.3) is 0 Å². The summed E-state index contributed by atoms with van der Waals surface area (Å²) in [6.45, 7) is 7.39. The topological polar surface area (TPSA) is 12.0 Å². The monoisotopic (exact) mass is 365 g/mol. The molecule has 1 atom stereocenters. The lowest BCUT2D eigenvalue weighted by molar-refractivity contribution is 0.547. The lowest BCUT2D eigenvalue weighted by Crippen LogP contribution is -2.23. The molecule has 2 rings (SSSR count). The van der Waals surface area contributed by atoms with E-state index < -0.39 is 0 Å². The first-order chi connectivity index (χ1) is 10.0. The van der Waals surface area contributed by atoms with Crippen LogP contribution >= 0.6 is 27.5 Å². The fourth-order valence-corrected chi connectivity index (χ4v) is 3.52. The summed E-state index contributed by atoms with van der Waals surface area (Å²) in [6, 6.07) is 12.9. The third kappa shape index (κ3) is 4.32. The molecule has 0 fully saturated rings. The Labute approximate surface area is 140 Å². The van der Waals surface area contributed by atoms with Crippen LogP contribution < -0.4 is 5.32 Å². The quantitative estimate of drug-likeness (QED) is 0.725. The van der Waals surface area contributed by atoms with Crippen LogP contribution in [0.4, 0.5) is 0 Å². The maximum Gasteiger partial charge on any atom is 0.0417 e. The second-order valence-electron chi connectivity index (χ2n) is 5.41. The van der Waals surface area contributed by atoms with Gasteiger partial charge in [0, 0.05) is 15.5 Å². The van der Waals surface area contributed by atoms with E-state index in [1.165, 1.54) is 22.3 Å². The van der Waals surface area contributed by atoms with Crippen molar-refractivity contribution >= 4 is 27.5 Å². The zero-order valence-electron chi connectivity index (χ0n) is 12.7. The van der Waals surface area contributed by atoms with Crippen molar-refractivity contribution in [1.29, 1.82) is 0 Å². The molecule has 0 heterocycles. The van der Waals surface area contributed by atoms with E-state index >= 15 is 0 Å². The fourth-order valence-electron chi connectivity index (χ4n) is 2.56. The third-order valence-electron chi connectivity index (χ3n) is 3.72. The summed E-state index contributed by atoms with van der Waals surface area (Å²) < 4.78 is 1.06. The Bertz CT molecular complexity index is 625. The van der Waals surface area contributed by atoms with Crippen molar-refractivity contribution in [1.82, 2.24) is 5.32 Å². The van der Waals surface area contributed by atoms with Gasteiger partial charge in [0.1, 0.15) is 0 Å². The van der Waals surface area contributed by atoms with Gasteiger partial charge in [-0.2, -0.15) is 0 Å². The minimum atomic E-state index is 0.280. The number of aryl methyl sites for hydroxylation is 2. The summed E-state index contributed by atoms with van der Waals surface area (Å²) >= 11 is 9.69. The number of halogens is 2. The molecule has 0 saturated carbocycles. The Kier molecular flexibility index (Phi) is 5.86. The highest BCUT2D eigenvalue weighted by Crippen LogP contribution is 2.29. The SMILES string of the molecule is CCNC(Cc1cc(C)ccc1C)c1ccc(Cl)cc1Br. The maximum atomic E-state index is 6.05. The number of hydrogen-bond acceptors (Lipinski definition) is 1. The number of nitrogens with one attached hydrogen (secondary N) is 1. The lowest BCUT2D eigenvalue weighted by Gasteiger charge is -2.21. The van der Waals surface area contributed by atoms with Crippen molar-refractivity contribution in [3.63, 3.8) is 0 Å². The molecule has 1 N–H and O–H groups in total. The molecule has 0 saturated heterocycles. The molecule has 1 nitrogen and oxygen atoms in total. The Morgan fingerprint density at radius 3 is 2.57 bits per heavy atom. The molecule has 0 aliphatic heterocycles. The molecule has 0 aromatic heterocycles. The largest absolute Gasteiger partial charge is 0.310 e. The molecule has 112 valence electrons. The van der Waals surface area contributed by atoms with Gasteiger partial charge in [-0.05, 0) is 55.6 Å². The molecule has 0 spiro atoms. The van der Waals surface area contributed by atoms with E-state index in [-0.39, 0.29) is 6.04 Å². The normalized spacial score (nSPS) is 12.4. The Morgan fingerprint density at radius 2 is 1.90 bits per heavy atom. The predicted molar refractivity (Wildman–Crippen MR) is 95.2 cm³/mol. The minimum Gasteiger partial charge on any atom is -0.310 e. The number of hydrogen-bond donors (Lipinski definition) is 1. The smallest absolute Gasteiger partial charge is 0.0417 e. The molecular formula is C18H21BrClN. The van der Waals surface area contributed by atoms with Crippen molar-refractivity contribution in [2.75, 3.05) is 6.54 Å². The Hall–Kier alpha value is -0.830. The first kappa shape index (κ1) is 16.5. The van der Waals surface area contributed by atoms with Gasteiger partial charge in [0.2, 0.25) is 0 Å². The second kappa shape index (κ2) is 7.44. The van der Waals surface area contributed by atoms with Crippen LogP contribution in [0.3, 0.4) is 0 Å². The van der Waals surface area contributed by atoms with Gasteiger partial charge >= 0.3 is 0 Å². The molecule has 3 heteroatoms. The zero-order valence-corrected chi connectivity index (χ0v) is 15.1. The van der Waals surface area contributed by atoms with E-state index in [0.29, 0.717) is 0 Å². The van der Waals surface area contributed by atoms with E-state index in [4.69, 9.17) is 11.6 Å². The van der Waals surface area contributed by atoms with Crippen LogP contribution in [0.5, 0.6) is 0 Å². The maximum absolute atomic E-state index is 6.05. The van der Waals surface area contributed by atoms with Crippen molar-refractivity contribution in [3.05, 3.63) is 68.1 Å². The summed E-state index contributed by atoms with van der Waals surface area (Å²) in [6.07, 6.45) is 0.974. The van der Waals surface area contributed by atoms with Crippen molar-refractivity contribution < 1.29 is 0 Å². The first-order valence-electron chi connectivity index (χ1n) is 7.25. The highest BCUT2D eigenvalue weighted by Gasteiger charge is 2.15. The number of rotatable bonds is 5. The van der Waals surface area contributed by atoms with Gasteiger partial charge in [0.25, 0.3) is 0 Å². The van der Waals surface area contributed by atoms with Gasteiger partial charge in [-0.1, -0.05) is 64.3 Å². The fraction of sp³-hybridized carbons (Fsp3) is 0.333. The molecule has 0 radical (unpaired) electrons. The first-order valence-corrected chi connectivity index (χ1v) is 8.42. The molecule has 0 bridgehead atoms. The van der Waals surface area contributed by atoms with Crippen molar-refractivity contribution in [3.8, 4) is 0 Å². The van der Waals surface area contributed by atoms with Crippen LogP contribution in [0.1, 0.15) is 35.2 Å². The average molecular weight is 367 g/mol. The standard InChI is InChI=1S/C18H21BrClN/c1-4-21-18(16-8-7-15(20)11-17(16)19)10-14-9-12(2)5-6-13(14)3/h5-9,11,18,21H,4,10H2,1-3H3. The number of likely N-dealkylation sites (N-methyl/N-ethyl adjacent to an activating group) is 1. The van der Waals surface area contributed by atoms with Crippen LogP contribution in [-0.2, 0) is 6.42 Å². The van der Waals surface area contributed by atoms with Gasteiger partial charge in [-0.3, -0.25) is 0 Å². The molecule has 0 aliphatic carbocycles.